The predicted molar refractivity (Wildman–Crippen MR) is 162 cm³/mol. The number of hydrogen-bond acceptors (Lipinski definition) is 3. The molecule has 38 heavy (non-hydrogen) atoms. The molecule has 0 fully saturated rings. The number of carbonyl (C=O) groups excluding carboxylic acids is 1. The summed E-state index contributed by atoms with van der Waals surface area (Å²) >= 11 is 0. The summed E-state index contributed by atoms with van der Waals surface area (Å²) < 4.78 is 11.2. The Morgan fingerprint density at radius 1 is 0.816 bits per heavy atom. The summed E-state index contributed by atoms with van der Waals surface area (Å²) in [7, 11) is 0. The summed E-state index contributed by atoms with van der Waals surface area (Å²) in [6.07, 6.45) is 15.1. The fraction of sp³-hybridized carbons (Fsp3) is 0.800. The second kappa shape index (κ2) is 14.2. The van der Waals surface area contributed by atoms with Crippen LogP contribution in [0, 0.1) is 43.9 Å². The standard InChI is InChI=1S/C35H60O3/c1-24(2)15-12-16-25(3)17-13-18-26(4)19-14-21-35(11)22-20-30-29(7)32(28(6)27(5)31(30)23-35)37-33(36)38-34(8,9)10/h24-26H,12-23H2,1-11H3. The molecule has 3 atom stereocenters. The molecule has 1 aliphatic carbocycles. The molecule has 3 unspecified atom stereocenters. The van der Waals surface area contributed by atoms with Gasteiger partial charge in [-0.1, -0.05) is 86.0 Å². The molecule has 0 bridgehead atoms. The van der Waals surface area contributed by atoms with Crippen LogP contribution in [0.25, 0.3) is 0 Å². The first-order valence-electron chi connectivity index (χ1n) is 15.6. The zero-order chi connectivity index (χ0) is 28.7. The minimum absolute atomic E-state index is 0.356. The van der Waals surface area contributed by atoms with Crippen LogP contribution in [-0.2, 0) is 17.6 Å². The zero-order valence-electron chi connectivity index (χ0n) is 26.9. The van der Waals surface area contributed by atoms with Gasteiger partial charge >= 0.3 is 6.16 Å². The van der Waals surface area contributed by atoms with Gasteiger partial charge in [0.1, 0.15) is 11.4 Å². The molecule has 0 saturated heterocycles. The topological polar surface area (TPSA) is 35.5 Å². The lowest BCUT2D eigenvalue weighted by atomic mass is 9.67. The lowest BCUT2D eigenvalue weighted by Crippen LogP contribution is -2.29. The molecule has 1 aliphatic rings. The molecule has 0 spiro atoms. The van der Waals surface area contributed by atoms with Gasteiger partial charge in [-0.25, -0.2) is 4.79 Å². The fourth-order valence-corrected chi connectivity index (χ4v) is 6.36. The van der Waals surface area contributed by atoms with Crippen molar-refractivity contribution >= 4 is 6.16 Å². The highest BCUT2D eigenvalue weighted by Gasteiger charge is 2.33. The third-order valence-corrected chi connectivity index (χ3v) is 9.02. The van der Waals surface area contributed by atoms with Crippen molar-refractivity contribution in [3.63, 3.8) is 0 Å². The molecule has 3 nitrogen and oxygen atoms in total. The molecular weight excluding hydrogens is 468 g/mol. The predicted octanol–water partition coefficient (Wildman–Crippen LogP) is 10.9. The van der Waals surface area contributed by atoms with Crippen LogP contribution in [0.2, 0.25) is 0 Å². The SMILES string of the molecule is Cc1c(C)c(OC(=O)OC(C)(C)C)c(C)c2c1CC(C)(CCCC(C)CCCC(C)CCCC(C)C)CC2. The molecule has 0 radical (unpaired) electrons. The Morgan fingerprint density at radius 3 is 1.92 bits per heavy atom. The van der Waals surface area contributed by atoms with Crippen molar-refractivity contribution in [3.8, 4) is 5.75 Å². The Bertz CT molecular complexity index is 907. The summed E-state index contributed by atoms with van der Waals surface area (Å²) in [4.78, 5) is 12.4. The van der Waals surface area contributed by atoms with E-state index >= 15 is 0 Å². The van der Waals surface area contributed by atoms with Crippen molar-refractivity contribution in [2.24, 2.45) is 23.2 Å². The molecule has 0 saturated carbocycles. The van der Waals surface area contributed by atoms with Gasteiger partial charge in [0.2, 0.25) is 0 Å². The monoisotopic (exact) mass is 528 g/mol. The molecular formula is C35H60O3. The number of rotatable bonds is 13. The number of fused-ring (bicyclic) bond motifs is 1. The van der Waals surface area contributed by atoms with E-state index < -0.39 is 11.8 Å². The third-order valence-electron chi connectivity index (χ3n) is 9.02. The molecule has 0 heterocycles. The first-order chi connectivity index (χ1) is 17.6. The summed E-state index contributed by atoms with van der Waals surface area (Å²) in [5, 5.41) is 0. The molecule has 0 N–H and O–H groups in total. The smallest absolute Gasteiger partial charge is 0.428 e. The van der Waals surface area contributed by atoms with E-state index in [1.165, 1.54) is 80.9 Å². The normalized spacial score (nSPS) is 19.3. The largest absolute Gasteiger partial charge is 0.514 e. The van der Waals surface area contributed by atoms with E-state index in [1.54, 1.807) is 0 Å². The summed E-state index contributed by atoms with van der Waals surface area (Å²) in [5.41, 5.74) is 6.14. The second-order valence-corrected chi connectivity index (χ2v) is 14.6. The molecule has 0 aliphatic heterocycles. The van der Waals surface area contributed by atoms with E-state index in [1.807, 2.05) is 20.8 Å². The van der Waals surface area contributed by atoms with Crippen molar-refractivity contribution in [2.75, 3.05) is 0 Å². The maximum absolute atomic E-state index is 12.4. The van der Waals surface area contributed by atoms with E-state index in [9.17, 15) is 4.79 Å². The Kier molecular flexibility index (Phi) is 12.2. The Morgan fingerprint density at radius 2 is 1.37 bits per heavy atom. The van der Waals surface area contributed by atoms with Crippen molar-refractivity contribution in [2.45, 2.75) is 159 Å². The fourth-order valence-electron chi connectivity index (χ4n) is 6.36. The average Bonchev–Trinajstić information content (AvgIpc) is 2.79. The quantitative estimate of drug-likeness (QED) is 0.189. The van der Waals surface area contributed by atoms with Crippen LogP contribution in [0.1, 0.15) is 147 Å². The van der Waals surface area contributed by atoms with Gasteiger partial charge in [0.15, 0.2) is 0 Å². The first-order valence-corrected chi connectivity index (χ1v) is 15.6. The minimum Gasteiger partial charge on any atom is -0.428 e. The van der Waals surface area contributed by atoms with Gasteiger partial charge in [-0.05, 0) is 118 Å². The van der Waals surface area contributed by atoms with Crippen LogP contribution in [0.15, 0.2) is 0 Å². The summed E-state index contributed by atoms with van der Waals surface area (Å²) in [5.74, 6) is 3.25. The number of hydrogen-bond donors (Lipinski definition) is 0. The van der Waals surface area contributed by atoms with Crippen molar-refractivity contribution in [3.05, 3.63) is 27.8 Å². The van der Waals surface area contributed by atoms with Crippen LogP contribution in [0.3, 0.4) is 0 Å². The molecule has 0 amide bonds. The molecule has 2 rings (SSSR count). The van der Waals surface area contributed by atoms with E-state index in [2.05, 4.69) is 55.4 Å². The van der Waals surface area contributed by atoms with Crippen molar-refractivity contribution in [1.82, 2.24) is 0 Å². The molecule has 1 aromatic rings. The minimum atomic E-state index is -0.613. The first kappa shape index (κ1) is 32.7. The van der Waals surface area contributed by atoms with Gasteiger partial charge in [0, 0.05) is 0 Å². The lowest BCUT2D eigenvalue weighted by Gasteiger charge is -2.38. The number of benzene rings is 1. The molecule has 0 aromatic heterocycles. The summed E-state index contributed by atoms with van der Waals surface area (Å²) in [6.45, 7) is 24.1. The van der Waals surface area contributed by atoms with E-state index in [-0.39, 0.29) is 0 Å². The maximum atomic E-state index is 12.4. The van der Waals surface area contributed by atoms with Gasteiger partial charge in [0.05, 0.1) is 0 Å². The second-order valence-electron chi connectivity index (χ2n) is 14.6. The number of carbonyl (C=O) groups is 1. The van der Waals surface area contributed by atoms with Crippen LogP contribution in [0.5, 0.6) is 5.75 Å². The van der Waals surface area contributed by atoms with Crippen LogP contribution < -0.4 is 4.74 Å². The third kappa shape index (κ3) is 10.2. The maximum Gasteiger partial charge on any atom is 0.514 e. The van der Waals surface area contributed by atoms with Crippen LogP contribution >= 0.6 is 0 Å². The van der Waals surface area contributed by atoms with E-state index in [0.29, 0.717) is 11.2 Å². The van der Waals surface area contributed by atoms with Crippen molar-refractivity contribution in [1.29, 1.82) is 0 Å². The van der Waals surface area contributed by atoms with Gasteiger partial charge < -0.3 is 9.47 Å². The van der Waals surface area contributed by atoms with Crippen LogP contribution in [-0.4, -0.2) is 11.8 Å². The van der Waals surface area contributed by atoms with Crippen molar-refractivity contribution < 1.29 is 14.3 Å². The summed E-state index contributed by atoms with van der Waals surface area (Å²) in [6, 6.07) is 0. The lowest BCUT2D eigenvalue weighted by molar-refractivity contribution is 0.0202. The molecule has 1 aromatic carbocycles. The molecule has 218 valence electrons. The van der Waals surface area contributed by atoms with E-state index in [0.717, 1.165) is 41.7 Å². The van der Waals surface area contributed by atoms with Crippen LogP contribution in [0.4, 0.5) is 4.79 Å². The Hall–Kier alpha value is -1.51. The zero-order valence-corrected chi connectivity index (χ0v) is 26.9. The Balaban J connectivity index is 1.88. The van der Waals surface area contributed by atoms with Gasteiger partial charge in [-0.2, -0.15) is 0 Å². The average molecular weight is 529 g/mol. The Labute approximate surface area is 235 Å². The highest BCUT2D eigenvalue weighted by atomic mass is 16.7. The van der Waals surface area contributed by atoms with Gasteiger partial charge in [-0.15, -0.1) is 0 Å². The van der Waals surface area contributed by atoms with Gasteiger partial charge in [-0.3, -0.25) is 0 Å². The van der Waals surface area contributed by atoms with E-state index in [4.69, 9.17) is 9.47 Å². The highest BCUT2D eigenvalue weighted by molar-refractivity contribution is 5.68. The highest BCUT2D eigenvalue weighted by Crippen LogP contribution is 2.45. The number of ether oxygens (including phenoxy) is 2. The van der Waals surface area contributed by atoms with Gasteiger partial charge in [0.25, 0.3) is 0 Å². The molecule has 3 heteroatoms.